The van der Waals surface area contributed by atoms with E-state index in [0.717, 1.165) is 36.4 Å². The van der Waals surface area contributed by atoms with Crippen molar-refractivity contribution in [1.82, 2.24) is 15.2 Å². The van der Waals surface area contributed by atoms with Crippen molar-refractivity contribution < 1.29 is 48.7 Å². The molecule has 10 nitrogen and oxygen atoms in total. The largest absolute Gasteiger partial charge is 0.484 e. The number of sulfonamides is 1. The number of halogens is 7. The minimum Gasteiger partial charge on any atom is -0.484 e. The van der Waals surface area contributed by atoms with Crippen molar-refractivity contribution in [3.05, 3.63) is 83.3 Å². The van der Waals surface area contributed by atoms with E-state index in [1.54, 1.807) is 0 Å². The fourth-order valence-electron chi connectivity index (χ4n) is 3.94. The standard InChI is InChI=1S/C26H21F7N6O4S/c1-13(14-5-8-16(27)9-6-14)43-18-11-15(7-10-17(18)39-44(41,42)12-25(28,29)30)22-21(23(34)40)24(38-37-22)36-20-4-2-3-19(35-20)26(31,32)33/h2-11,13,39H,12H2,1H3,(H2,34,40)(H2,35,36,37,38)/t13-/m0/s1. The number of carbonyl (C=O) groups excluding carboxylic acids is 1. The van der Waals surface area contributed by atoms with Crippen LogP contribution in [0, 0.1) is 5.82 Å². The molecule has 4 aromatic rings. The summed E-state index contributed by atoms with van der Waals surface area (Å²) < 4.78 is 123. The summed E-state index contributed by atoms with van der Waals surface area (Å²) in [6.07, 6.45) is -10.7. The van der Waals surface area contributed by atoms with E-state index in [1.165, 1.54) is 31.2 Å². The van der Waals surface area contributed by atoms with Crippen LogP contribution < -0.4 is 20.5 Å². The Morgan fingerprint density at radius 1 is 1.05 bits per heavy atom. The molecule has 2 aromatic heterocycles. The molecule has 0 unspecified atom stereocenters. The highest BCUT2D eigenvalue weighted by molar-refractivity contribution is 7.92. The van der Waals surface area contributed by atoms with E-state index in [2.05, 4.69) is 20.5 Å². The minimum absolute atomic E-state index is 0.0661. The van der Waals surface area contributed by atoms with Gasteiger partial charge >= 0.3 is 12.4 Å². The number of nitrogens with zero attached hydrogens (tertiary/aromatic N) is 2. The first-order valence-corrected chi connectivity index (χ1v) is 13.9. The Hall–Kier alpha value is -4.87. The topological polar surface area (TPSA) is 152 Å². The average Bonchev–Trinajstić information content (AvgIpc) is 3.32. The number of aromatic nitrogens is 3. The number of hydrogen-bond donors (Lipinski definition) is 4. The van der Waals surface area contributed by atoms with Crippen LogP contribution in [0.2, 0.25) is 0 Å². The smallest absolute Gasteiger partial charge is 0.433 e. The van der Waals surface area contributed by atoms with Crippen LogP contribution in [0.4, 0.5) is 48.1 Å². The van der Waals surface area contributed by atoms with E-state index < -0.39 is 57.3 Å². The Morgan fingerprint density at radius 3 is 2.34 bits per heavy atom. The summed E-state index contributed by atoms with van der Waals surface area (Å²) >= 11 is 0. The van der Waals surface area contributed by atoms with Crippen LogP contribution in [-0.4, -0.2) is 41.4 Å². The third-order valence-corrected chi connectivity index (χ3v) is 7.07. The van der Waals surface area contributed by atoms with E-state index in [-0.39, 0.29) is 34.2 Å². The van der Waals surface area contributed by atoms with Gasteiger partial charge in [-0.25, -0.2) is 17.8 Å². The molecule has 1 atom stereocenters. The van der Waals surface area contributed by atoms with Crippen molar-refractivity contribution in [2.75, 3.05) is 15.8 Å². The van der Waals surface area contributed by atoms with Crippen molar-refractivity contribution in [3.8, 4) is 17.0 Å². The van der Waals surface area contributed by atoms with Crippen LogP contribution in [0.25, 0.3) is 11.3 Å². The summed E-state index contributed by atoms with van der Waals surface area (Å²) in [4.78, 5) is 15.9. The molecular weight excluding hydrogens is 625 g/mol. The maximum absolute atomic E-state index is 13.4. The second-order valence-electron chi connectivity index (χ2n) is 9.22. The average molecular weight is 647 g/mol. The summed E-state index contributed by atoms with van der Waals surface area (Å²) in [5, 5.41) is 8.88. The Balaban J connectivity index is 1.75. The highest BCUT2D eigenvalue weighted by Crippen LogP contribution is 2.37. The fourth-order valence-corrected chi connectivity index (χ4v) is 4.94. The Kier molecular flexibility index (Phi) is 8.76. The first kappa shape index (κ1) is 32.1. The zero-order valence-electron chi connectivity index (χ0n) is 22.2. The molecule has 0 aliphatic carbocycles. The first-order valence-electron chi connectivity index (χ1n) is 12.2. The van der Waals surface area contributed by atoms with Crippen molar-refractivity contribution in [2.45, 2.75) is 25.4 Å². The van der Waals surface area contributed by atoms with E-state index in [4.69, 9.17) is 10.5 Å². The number of amides is 1. The van der Waals surface area contributed by atoms with Gasteiger partial charge in [-0.2, -0.15) is 31.4 Å². The normalized spacial score (nSPS) is 12.9. The number of nitrogens with two attached hydrogens (primary N) is 1. The SMILES string of the molecule is C[C@H](Oc1cc(-c2[nH]nc(Nc3cccc(C(F)(F)F)n3)c2C(N)=O)ccc1NS(=O)(=O)CC(F)(F)F)c1ccc(F)cc1. The molecule has 0 radical (unpaired) electrons. The van der Waals surface area contributed by atoms with Crippen molar-refractivity contribution >= 4 is 33.3 Å². The van der Waals surface area contributed by atoms with Crippen LogP contribution in [0.5, 0.6) is 5.75 Å². The quantitative estimate of drug-likeness (QED) is 0.156. The number of alkyl halides is 6. The van der Waals surface area contributed by atoms with E-state index in [1.807, 2.05) is 4.72 Å². The number of anilines is 3. The molecule has 2 aromatic carbocycles. The lowest BCUT2D eigenvalue weighted by Gasteiger charge is -2.20. The molecule has 0 fully saturated rings. The monoisotopic (exact) mass is 646 g/mol. The number of benzene rings is 2. The molecule has 5 N–H and O–H groups in total. The second-order valence-corrected chi connectivity index (χ2v) is 10.9. The summed E-state index contributed by atoms with van der Waals surface area (Å²) in [6, 6.07) is 11.4. The molecule has 1 amide bonds. The van der Waals surface area contributed by atoms with Crippen molar-refractivity contribution in [1.29, 1.82) is 0 Å². The van der Waals surface area contributed by atoms with Crippen LogP contribution in [0.15, 0.2) is 60.7 Å². The first-order chi connectivity index (χ1) is 20.4. The summed E-state index contributed by atoms with van der Waals surface area (Å²) in [5.74, 6) is -4.76. The van der Waals surface area contributed by atoms with Gasteiger partial charge in [0.2, 0.25) is 10.0 Å². The van der Waals surface area contributed by atoms with Crippen LogP contribution in [-0.2, 0) is 16.2 Å². The lowest BCUT2D eigenvalue weighted by Crippen LogP contribution is -2.28. The molecule has 234 valence electrons. The number of hydrogen-bond acceptors (Lipinski definition) is 7. The number of aromatic amines is 1. The lowest BCUT2D eigenvalue weighted by atomic mass is 10.1. The van der Waals surface area contributed by atoms with Crippen molar-refractivity contribution in [3.63, 3.8) is 0 Å². The second kappa shape index (κ2) is 12.0. The zero-order valence-corrected chi connectivity index (χ0v) is 23.0. The predicted octanol–water partition coefficient (Wildman–Crippen LogP) is 5.92. The third-order valence-electron chi connectivity index (χ3n) is 5.83. The highest BCUT2D eigenvalue weighted by Gasteiger charge is 2.36. The fraction of sp³-hybridized carbons (Fsp3) is 0.192. The number of carbonyl (C=O) groups is 1. The van der Waals surface area contributed by atoms with Gasteiger partial charge in [-0.1, -0.05) is 24.3 Å². The van der Waals surface area contributed by atoms with E-state index in [0.29, 0.717) is 5.56 Å². The van der Waals surface area contributed by atoms with Gasteiger partial charge < -0.3 is 15.8 Å². The Labute approximate surface area is 244 Å². The predicted molar refractivity (Wildman–Crippen MR) is 144 cm³/mol. The van der Waals surface area contributed by atoms with Gasteiger partial charge in [0.15, 0.2) is 11.6 Å². The summed E-state index contributed by atoms with van der Waals surface area (Å²) in [5.41, 5.74) is 3.94. The maximum atomic E-state index is 13.4. The van der Waals surface area contributed by atoms with Gasteiger partial charge in [0, 0.05) is 5.56 Å². The van der Waals surface area contributed by atoms with Crippen LogP contribution in [0.1, 0.15) is 34.6 Å². The number of rotatable bonds is 10. The molecule has 18 heteroatoms. The number of primary amides is 1. The molecule has 0 bridgehead atoms. The Bertz CT molecular complexity index is 1770. The summed E-state index contributed by atoms with van der Waals surface area (Å²) in [6.45, 7) is 1.50. The maximum Gasteiger partial charge on any atom is 0.433 e. The van der Waals surface area contributed by atoms with Gasteiger partial charge in [-0.05, 0) is 48.9 Å². The van der Waals surface area contributed by atoms with Crippen LogP contribution >= 0.6 is 0 Å². The number of H-pyrrole nitrogens is 1. The third kappa shape index (κ3) is 7.94. The van der Waals surface area contributed by atoms with Gasteiger partial charge in [-0.15, -0.1) is 0 Å². The summed E-state index contributed by atoms with van der Waals surface area (Å²) in [7, 11) is -4.96. The molecular formula is C26H21F7N6O4S. The molecule has 4 rings (SSSR count). The molecule has 0 spiro atoms. The van der Waals surface area contributed by atoms with E-state index in [9.17, 15) is 43.9 Å². The molecule has 0 saturated heterocycles. The molecule has 0 aliphatic heterocycles. The lowest BCUT2D eigenvalue weighted by molar-refractivity contribution is -0.141. The molecule has 2 heterocycles. The van der Waals surface area contributed by atoms with E-state index >= 15 is 0 Å². The Morgan fingerprint density at radius 2 is 1.73 bits per heavy atom. The zero-order chi connectivity index (χ0) is 32.4. The molecule has 0 saturated carbocycles. The van der Waals surface area contributed by atoms with Gasteiger partial charge in [0.1, 0.15) is 34.7 Å². The van der Waals surface area contributed by atoms with Gasteiger partial charge in [0.05, 0.1) is 11.4 Å². The molecule has 44 heavy (non-hydrogen) atoms. The van der Waals surface area contributed by atoms with Gasteiger partial charge in [0.25, 0.3) is 5.91 Å². The van der Waals surface area contributed by atoms with Crippen LogP contribution in [0.3, 0.4) is 0 Å². The number of pyridine rings is 1. The number of nitrogens with one attached hydrogen (secondary N) is 3. The van der Waals surface area contributed by atoms with Gasteiger partial charge in [-0.3, -0.25) is 14.6 Å². The number of ether oxygens (including phenoxy) is 1. The van der Waals surface area contributed by atoms with Crippen molar-refractivity contribution in [2.24, 2.45) is 5.73 Å². The highest BCUT2D eigenvalue weighted by atomic mass is 32.2. The minimum atomic E-state index is -5.06. The molecule has 0 aliphatic rings.